The third-order valence-electron chi connectivity index (χ3n) is 17.1. The van der Waals surface area contributed by atoms with Crippen molar-refractivity contribution >= 4 is 41.6 Å². The second-order valence-corrected chi connectivity index (χ2v) is 22.1. The number of benzene rings is 1. The van der Waals surface area contributed by atoms with Gasteiger partial charge in [-0.2, -0.15) is 0 Å². The monoisotopic (exact) mass is 1030 g/mol. The molecule has 4 fully saturated rings. The minimum Gasteiger partial charge on any atom is -0.480 e. The van der Waals surface area contributed by atoms with Crippen LogP contribution in [-0.4, -0.2) is 151 Å². The molecule has 410 valence electrons. The van der Waals surface area contributed by atoms with E-state index in [1.54, 1.807) is 28.7 Å². The minimum absolute atomic E-state index is 0.00384. The van der Waals surface area contributed by atoms with E-state index in [4.69, 9.17) is 14.2 Å². The molecule has 6 amide bonds. The van der Waals surface area contributed by atoms with Crippen molar-refractivity contribution < 1.29 is 52.9 Å². The van der Waals surface area contributed by atoms with Crippen LogP contribution in [0.4, 0.5) is 4.79 Å². The lowest BCUT2D eigenvalue weighted by Gasteiger charge is -2.41. The number of fused-ring (bicyclic) bond motifs is 3. The Morgan fingerprint density at radius 2 is 1.57 bits per heavy atom. The first-order chi connectivity index (χ1) is 35.5. The summed E-state index contributed by atoms with van der Waals surface area (Å²) in [6, 6.07) is 5.30. The number of likely N-dealkylation sites (N-methyl/N-ethyl adjacent to an activating group) is 1. The normalized spacial score (nSPS) is 25.6. The third-order valence-corrected chi connectivity index (χ3v) is 17.1. The number of hydrogen-bond acceptors (Lipinski definition) is 10. The van der Waals surface area contributed by atoms with Crippen LogP contribution in [-0.2, 0) is 49.4 Å². The molecule has 2 saturated heterocycles. The lowest BCUT2D eigenvalue weighted by atomic mass is 9.89. The zero-order valence-corrected chi connectivity index (χ0v) is 45.4. The Balaban J connectivity index is 1.01. The topological polar surface area (TPSA) is 213 Å². The summed E-state index contributed by atoms with van der Waals surface area (Å²) in [7, 11) is 4.72. The molecule has 0 aromatic heterocycles. The van der Waals surface area contributed by atoms with Gasteiger partial charge in [0, 0.05) is 66.1 Å². The van der Waals surface area contributed by atoms with Gasteiger partial charge in [-0.05, 0) is 98.9 Å². The number of carboxylic acids is 1. The maximum Gasteiger partial charge on any atom is 0.407 e. The molecule has 6 rings (SSSR count). The van der Waals surface area contributed by atoms with Gasteiger partial charge in [0.25, 0.3) is 0 Å². The van der Waals surface area contributed by atoms with Crippen molar-refractivity contribution in [2.24, 2.45) is 41.4 Å². The van der Waals surface area contributed by atoms with Crippen LogP contribution in [0.3, 0.4) is 0 Å². The zero-order valence-electron chi connectivity index (χ0n) is 45.4. The van der Waals surface area contributed by atoms with Gasteiger partial charge >= 0.3 is 12.1 Å². The number of aliphatic carboxylic acids is 1. The molecule has 1 aromatic rings. The zero-order chi connectivity index (χ0) is 53.6. The number of amides is 6. The van der Waals surface area contributed by atoms with Gasteiger partial charge in [0.15, 0.2) is 0 Å². The number of hydrogen-bond donors (Lipinski definition) is 4. The van der Waals surface area contributed by atoms with E-state index in [0.29, 0.717) is 69.6 Å². The molecule has 1 aromatic carbocycles. The number of ether oxygens (including phenoxy) is 3. The minimum atomic E-state index is -1.15. The number of piperidine rings is 1. The van der Waals surface area contributed by atoms with E-state index in [1.165, 1.54) is 14.2 Å². The van der Waals surface area contributed by atoms with Crippen molar-refractivity contribution in [1.29, 1.82) is 0 Å². The number of rotatable bonds is 27. The summed E-state index contributed by atoms with van der Waals surface area (Å²) in [6.07, 6.45) is 8.90. The van der Waals surface area contributed by atoms with E-state index >= 15 is 0 Å². The first-order valence-corrected chi connectivity index (χ1v) is 27.7. The molecule has 2 bridgehead atoms. The Morgan fingerprint density at radius 1 is 0.865 bits per heavy atom. The summed E-state index contributed by atoms with van der Waals surface area (Å²) in [6.45, 7) is 10.8. The average Bonchev–Trinajstić information content (AvgIpc) is 3.81. The van der Waals surface area contributed by atoms with Crippen LogP contribution in [0, 0.1) is 53.3 Å². The molecule has 17 nitrogen and oxygen atoms in total. The summed E-state index contributed by atoms with van der Waals surface area (Å²) >= 11 is 0. The third kappa shape index (κ3) is 14.6. The number of carboxylic acid groups (broad SMARTS) is 1. The Morgan fingerprint density at radius 3 is 2.20 bits per heavy atom. The molecule has 0 spiro atoms. The molecule has 5 aliphatic rings. The molecule has 2 saturated carbocycles. The predicted molar refractivity (Wildman–Crippen MR) is 279 cm³/mol. The van der Waals surface area contributed by atoms with E-state index in [2.05, 4.69) is 27.8 Å². The number of methoxy groups -OCH3 is 2. The summed E-state index contributed by atoms with van der Waals surface area (Å²) < 4.78 is 17.6. The standard InChI is InChI=1S/C57H86N6O11/c1-9-36(4)50(46(72-7)33-48(65)62-30-20-25-45(62)52(73-8)37(5)53(66)59-44(56(69)70)31-38-21-14-12-15-22-38)61(6)55(68)49(35(2)3)60-54(67)51-39-27-28-40(32-39)63(51)47(64)26-18-13-19-29-58-57(71)74-34-43-41-23-16-10-11-17-24-42(41)43/h12,14-15,21-22,35-37,39-46,49-52H,9,13,16-20,23-34H2,1-8H3,(H,58,71)(H,59,66)(H,60,67)(H,69,70)/t36-,37+,39-,40+,41-,42?,43?,44?,45?,46+,49?,50-,51-,52+/m0/s1. The second-order valence-electron chi connectivity index (χ2n) is 22.1. The van der Waals surface area contributed by atoms with E-state index in [-0.39, 0.29) is 66.7 Å². The van der Waals surface area contributed by atoms with Crippen molar-refractivity contribution in [1.82, 2.24) is 30.7 Å². The summed E-state index contributed by atoms with van der Waals surface area (Å²) in [5.74, 6) is 4.31. The first-order valence-electron chi connectivity index (χ1n) is 27.7. The van der Waals surface area contributed by atoms with Crippen LogP contribution in [0.2, 0.25) is 0 Å². The fraction of sp³-hybridized carbons (Fsp3) is 0.737. The summed E-state index contributed by atoms with van der Waals surface area (Å²) in [5, 5.41) is 18.6. The molecule has 4 N–H and O–H groups in total. The average molecular weight is 1030 g/mol. The molecular weight excluding hydrogens is 945 g/mol. The number of alkyl carbamates (subject to hydrolysis) is 1. The lowest BCUT2D eigenvalue weighted by molar-refractivity contribution is -0.149. The van der Waals surface area contributed by atoms with Crippen molar-refractivity contribution in [2.45, 2.75) is 186 Å². The molecule has 0 radical (unpaired) electrons. The van der Waals surface area contributed by atoms with Gasteiger partial charge in [-0.25, -0.2) is 9.59 Å². The van der Waals surface area contributed by atoms with Crippen LogP contribution >= 0.6 is 0 Å². The predicted octanol–water partition coefficient (Wildman–Crippen LogP) is 5.97. The van der Waals surface area contributed by atoms with E-state index < -0.39 is 66.3 Å². The lowest BCUT2D eigenvalue weighted by Crippen LogP contribution is -2.60. The molecular formula is C57H86N6O11. The highest BCUT2D eigenvalue weighted by Gasteiger charge is 2.52. The van der Waals surface area contributed by atoms with Crippen LogP contribution in [0.5, 0.6) is 0 Å². The van der Waals surface area contributed by atoms with Crippen LogP contribution < -0.4 is 16.0 Å². The highest BCUT2D eigenvalue weighted by atomic mass is 16.5. The molecule has 74 heavy (non-hydrogen) atoms. The van der Waals surface area contributed by atoms with Crippen molar-refractivity contribution in [3.63, 3.8) is 0 Å². The maximum absolute atomic E-state index is 14.7. The van der Waals surface area contributed by atoms with Gasteiger partial charge in [-0.1, -0.05) is 77.8 Å². The second kappa shape index (κ2) is 27.5. The number of likely N-dealkylation sites (tertiary alicyclic amines) is 2. The maximum atomic E-state index is 14.7. The quantitative estimate of drug-likeness (QED) is 0.0596. The molecule has 5 unspecified atom stereocenters. The number of carbonyl (C=O) groups excluding carboxylic acids is 6. The Kier molecular flexibility index (Phi) is 21.6. The summed E-state index contributed by atoms with van der Waals surface area (Å²) in [4.78, 5) is 101. The Bertz CT molecular complexity index is 2130. The number of unbranched alkanes of at least 4 members (excludes halogenated alkanes) is 2. The Hall–Kier alpha value is -5.21. The molecule has 14 atom stereocenters. The fourth-order valence-corrected chi connectivity index (χ4v) is 12.7. The largest absolute Gasteiger partial charge is 0.480 e. The highest BCUT2D eigenvalue weighted by molar-refractivity contribution is 5.93. The SMILES string of the molecule is CC[C@H](C)[C@@H]([C@@H](CC(=O)N1CCCC1[C@H](OC)[C@@H](C)C(=O)NC(Cc1ccccc1)C(=O)O)OC)N(C)C(=O)C(NC(=O)[C@@H]1[C@H]2CC[C@H](C2)N1C(=O)CCCCCNC(=O)OCC1C2CCC#CCC[C@@H]21)C(C)C. The number of nitrogens with one attached hydrogen (secondary N) is 3. The van der Waals surface area contributed by atoms with Gasteiger partial charge in [0.1, 0.15) is 18.1 Å². The van der Waals surface area contributed by atoms with Gasteiger partial charge in [0.05, 0.1) is 43.2 Å². The smallest absolute Gasteiger partial charge is 0.407 e. The molecule has 3 aliphatic carbocycles. The van der Waals surface area contributed by atoms with Crippen molar-refractivity contribution in [3.8, 4) is 11.8 Å². The van der Waals surface area contributed by atoms with Gasteiger partial charge in [-0.3, -0.25) is 24.0 Å². The van der Waals surface area contributed by atoms with E-state index in [9.17, 15) is 38.7 Å². The van der Waals surface area contributed by atoms with Gasteiger partial charge in [-0.15, -0.1) is 11.8 Å². The molecule has 17 heteroatoms. The van der Waals surface area contributed by atoms with Crippen LogP contribution in [0.15, 0.2) is 30.3 Å². The first kappa shape index (κ1) is 58.1. The number of nitrogens with zero attached hydrogens (tertiary/aromatic N) is 3. The number of carbonyl (C=O) groups is 7. The molecule has 2 heterocycles. The Labute approximate surface area is 439 Å². The highest BCUT2D eigenvalue weighted by Crippen LogP contribution is 2.52. The van der Waals surface area contributed by atoms with Crippen molar-refractivity contribution in [2.75, 3.05) is 41.0 Å². The summed E-state index contributed by atoms with van der Waals surface area (Å²) in [5.41, 5.74) is 0.771. The fourth-order valence-electron chi connectivity index (χ4n) is 12.7. The van der Waals surface area contributed by atoms with Crippen molar-refractivity contribution in [3.05, 3.63) is 35.9 Å². The van der Waals surface area contributed by atoms with Gasteiger partial charge in [0.2, 0.25) is 29.5 Å². The molecule has 2 aliphatic heterocycles. The van der Waals surface area contributed by atoms with Crippen LogP contribution in [0.1, 0.15) is 136 Å². The van der Waals surface area contributed by atoms with Gasteiger partial charge < -0.3 is 50.0 Å². The van der Waals surface area contributed by atoms with E-state index in [0.717, 1.165) is 56.9 Å². The van der Waals surface area contributed by atoms with Crippen LogP contribution in [0.25, 0.3) is 0 Å². The van der Waals surface area contributed by atoms with E-state index in [1.807, 2.05) is 58.0 Å².